The molecule has 34 heavy (non-hydrogen) atoms. The Balaban J connectivity index is 1.46. The number of hydrogen-bond acceptors (Lipinski definition) is 1. The second kappa shape index (κ2) is 8.69. The van der Waals surface area contributed by atoms with Gasteiger partial charge in [0, 0.05) is 11.8 Å². The number of benzene rings is 3. The van der Waals surface area contributed by atoms with Crippen LogP contribution in [0.15, 0.2) is 79.0 Å². The molecule has 1 nitrogen and oxygen atoms in total. The first-order valence-corrected chi connectivity index (χ1v) is 12.8. The van der Waals surface area contributed by atoms with Gasteiger partial charge in [0.05, 0.1) is 5.69 Å². The molecule has 1 aromatic heterocycles. The Bertz CT molecular complexity index is 1290. The maximum atomic E-state index is 4.77. The van der Waals surface area contributed by atoms with Crippen molar-refractivity contribution in [2.45, 2.75) is 71.6 Å². The lowest BCUT2D eigenvalue weighted by Gasteiger charge is -2.34. The largest absolute Gasteiger partial charge is 0.256 e. The van der Waals surface area contributed by atoms with Crippen LogP contribution in [0.1, 0.15) is 77.3 Å². The maximum absolute atomic E-state index is 4.77. The molecule has 3 aromatic carbocycles. The van der Waals surface area contributed by atoms with Gasteiger partial charge < -0.3 is 0 Å². The van der Waals surface area contributed by atoms with Gasteiger partial charge in [-0.25, -0.2) is 0 Å². The van der Waals surface area contributed by atoms with Crippen molar-refractivity contribution in [1.82, 2.24) is 4.98 Å². The zero-order valence-electron chi connectivity index (χ0n) is 21.4. The predicted octanol–water partition coefficient (Wildman–Crippen LogP) is 9.55. The molecule has 174 valence electrons. The van der Waals surface area contributed by atoms with E-state index in [-0.39, 0.29) is 5.41 Å². The Morgan fingerprint density at radius 3 is 2.18 bits per heavy atom. The van der Waals surface area contributed by atoms with Crippen LogP contribution in [0.25, 0.3) is 33.2 Å². The standard InChI is InChI=1S/C33H37N/c1-32(2,3)30-21-28(20-27-8-6-7-9-29(27)30)31-22-26(16-19-34-31)24-12-10-23(11-13-24)25-14-17-33(4,5)18-15-25/h6-13,16,19-22,25H,14-15,17-18H2,1-5H3. The van der Waals surface area contributed by atoms with Gasteiger partial charge in [-0.2, -0.15) is 0 Å². The Morgan fingerprint density at radius 2 is 1.47 bits per heavy atom. The number of rotatable bonds is 3. The molecule has 1 fully saturated rings. The lowest BCUT2D eigenvalue weighted by Crippen LogP contribution is -2.20. The molecule has 0 bridgehead atoms. The fourth-order valence-electron chi connectivity index (χ4n) is 5.53. The molecule has 4 aromatic rings. The van der Waals surface area contributed by atoms with Gasteiger partial charge in [-0.15, -0.1) is 0 Å². The molecular formula is C33H37N. The number of nitrogens with zero attached hydrogens (tertiary/aromatic N) is 1. The molecule has 0 amide bonds. The van der Waals surface area contributed by atoms with Gasteiger partial charge in [0.25, 0.3) is 0 Å². The van der Waals surface area contributed by atoms with Crippen molar-refractivity contribution in [3.63, 3.8) is 0 Å². The number of pyridine rings is 1. The summed E-state index contributed by atoms with van der Waals surface area (Å²) in [6.07, 6.45) is 7.23. The van der Waals surface area contributed by atoms with E-state index in [0.717, 1.165) is 5.69 Å². The van der Waals surface area contributed by atoms with Crippen LogP contribution in [0.5, 0.6) is 0 Å². The molecule has 0 saturated heterocycles. The van der Waals surface area contributed by atoms with Crippen molar-refractivity contribution < 1.29 is 0 Å². The van der Waals surface area contributed by atoms with E-state index >= 15 is 0 Å². The molecule has 0 radical (unpaired) electrons. The molecule has 0 spiro atoms. The van der Waals surface area contributed by atoms with Gasteiger partial charge in [0.15, 0.2) is 0 Å². The first-order chi connectivity index (χ1) is 16.2. The fraction of sp³-hybridized carbons (Fsp3) is 0.364. The normalized spacial score (nSPS) is 16.6. The molecule has 1 heterocycles. The van der Waals surface area contributed by atoms with E-state index in [2.05, 4.69) is 107 Å². The Kier molecular flexibility index (Phi) is 5.84. The van der Waals surface area contributed by atoms with Crippen molar-refractivity contribution in [2.24, 2.45) is 5.41 Å². The van der Waals surface area contributed by atoms with E-state index in [1.165, 1.54) is 64.3 Å². The Labute approximate surface area is 205 Å². The van der Waals surface area contributed by atoms with Crippen LogP contribution in [0.4, 0.5) is 0 Å². The molecule has 1 aliphatic rings. The average molecular weight is 448 g/mol. The molecule has 0 atom stereocenters. The summed E-state index contributed by atoms with van der Waals surface area (Å²) < 4.78 is 0. The smallest absolute Gasteiger partial charge is 0.0708 e. The summed E-state index contributed by atoms with van der Waals surface area (Å²) >= 11 is 0. The van der Waals surface area contributed by atoms with E-state index in [9.17, 15) is 0 Å². The predicted molar refractivity (Wildman–Crippen MR) is 146 cm³/mol. The zero-order chi connectivity index (χ0) is 23.9. The van der Waals surface area contributed by atoms with Crippen LogP contribution >= 0.6 is 0 Å². The molecular weight excluding hydrogens is 410 g/mol. The van der Waals surface area contributed by atoms with Crippen LogP contribution in [-0.2, 0) is 5.41 Å². The molecule has 1 heteroatoms. The highest BCUT2D eigenvalue weighted by Gasteiger charge is 2.27. The first-order valence-electron chi connectivity index (χ1n) is 12.8. The first kappa shape index (κ1) is 22.8. The van der Waals surface area contributed by atoms with E-state index in [4.69, 9.17) is 4.98 Å². The highest BCUT2D eigenvalue weighted by atomic mass is 14.7. The van der Waals surface area contributed by atoms with Crippen LogP contribution in [0.2, 0.25) is 0 Å². The van der Waals surface area contributed by atoms with Crippen molar-refractivity contribution in [1.29, 1.82) is 0 Å². The van der Waals surface area contributed by atoms with E-state index in [1.807, 2.05) is 6.20 Å². The summed E-state index contributed by atoms with van der Waals surface area (Å²) in [6, 6.07) is 27.0. The van der Waals surface area contributed by atoms with Crippen molar-refractivity contribution in [2.75, 3.05) is 0 Å². The van der Waals surface area contributed by atoms with Crippen LogP contribution in [-0.4, -0.2) is 4.98 Å². The van der Waals surface area contributed by atoms with Gasteiger partial charge in [0.1, 0.15) is 0 Å². The third-order valence-electron chi connectivity index (χ3n) is 7.78. The lowest BCUT2D eigenvalue weighted by atomic mass is 9.71. The molecule has 1 saturated carbocycles. The summed E-state index contributed by atoms with van der Waals surface area (Å²) in [6.45, 7) is 11.7. The minimum Gasteiger partial charge on any atom is -0.256 e. The summed E-state index contributed by atoms with van der Waals surface area (Å²) in [5, 5.41) is 2.61. The average Bonchev–Trinajstić information content (AvgIpc) is 2.83. The number of hydrogen-bond donors (Lipinski definition) is 0. The lowest BCUT2D eigenvalue weighted by molar-refractivity contribution is 0.224. The summed E-state index contributed by atoms with van der Waals surface area (Å²) in [5.41, 5.74) is 8.16. The van der Waals surface area contributed by atoms with Gasteiger partial charge in [-0.05, 0) is 99.7 Å². The molecule has 0 N–H and O–H groups in total. The summed E-state index contributed by atoms with van der Waals surface area (Å²) in [4.78, 5) is 4.77. The van der Waals surface area contributed by atoms with Crippen molar-refractivity contribution in [3.8, 4) is 22.4 Å². The minimum absolute atomic E-state index is 0.0669. The maximum Gasteiger partial charge on any atom is 0.0708 e. The Hall–Kier alpha value is -2.93. The number of aromatic nitrogens is 1. The van der Waals surface area contributed by atoms with Gasteiger partial charge in [-0.3, -0.25) is 4.98 Å². The number of fused-ring (bicyclic) bond motifs is 1. The second-order valence-electron chi connectivity index (χ2n) is 12.0. The molecule has 5 rings (SSSR count). The Morgan fingerprint density at radius 1 is 0.765 bits per heavy atom. The SMILES string of the molecule is CC1(C)CCC(c2ccc(-c3ccnc(-c4cc(C(C)(C)C)c5ccccc5c4)c3)cc2)CC1. The highest BCUT2D eigenvalue weighted by Crippen LogP contribution is 2.42. The van der Waals surface area contributed by atoms with Crippen LogP contribution < -0.4 is 0 Å². The van der Waals surface area contributed by atoms with Crippen molar-refractivity contribution in [3.05, 3.63) is 90.1 Å². The second-order valence-corrected chi connectivity index (χ2v) is 12.0. The van der Waals surface area contributed by atoms with Gasteiger partial charge in [-0.1, -0.05) is 83.1 Å². The van der Waals surface area contributed by atoms with E-state index < -0.39 is 0 Å². The van der Waals surface area contributed by atoms with E-state index in [0.29, 0.717) is 11.3 Å². The van der Waals surface area contributed by atoms with Gasteiger partial charge in [0.2, 0.25) is 0 Å². The zero-order valence-corrected chi connectivity index (χ0v) is 21.4. The van der Waals surface area contributed by atoms with Gasteiger partial charge >= 0.3 is 0 Å². The third kappa shape index (κ3) is 4.67. The molecule has 0 unspecified atom stereocenters. The minimum atomic E-state index is 0.0669. The monoisotopic (exact) mass is 447 g/mol. The van der Waals surface area contributed by atoms with Crippen LogP contribution in [0, 0.1) is 5.41 Å². The summed E-state index contributed by atoms with van der Waals surface area (Å²) in [7, 11) is 0. The topological polar surface area (TPSA) is 12.9 Å². The third-order valence-corrected chi connectivity index (χ3v) is 7.78. The van der Waals surface area contributed by atoms with E-state index in [1.54, 1.807) is 0 Å². The van der Waals surface area contributed by atoms with Crippen molar-refractivity contribution >= 4 is 10.8 Å². The summed E-state index contributed by atoms with van der Waals surface area (Å²) in [5.74, 6) is 0.712. The molecule has 1 aliphatic carbocycles. The quantitative estimate of drug-likeness (QED) is 0.305. The fourth-order valence-corrected chi connectivity index (χ4v) is 5.53. The highest BCUT2D eigenvalue weighted by molar-refractivity contribution is 5.91. The molecule has 0 aliphatic heterocycles. The van der Waals surface area contributed by atoms with Crippen LogP contribution in [0.3, 0.4) is 0 Å².